The topological polar surface area (TPSA) is 57.0 Å². The van der Waals surface area contributed by atoms with Crippen molar-refractivity contribution in [2.75, 3.05) is 13.6 Å². The summed E-state index contributed by atoms with van der Waals surface area (Å²) < 4.78 is 45.8. The predicted octanol–water partition coefficient (Wildman–Crippen LogP) is 6.56. The third-order valence-electron chi connectivity index (χ3n) is 11.2. The van der Waals surface area contributed by atoms with Gasteiger partial charge in [-0.05, 0) is 87.4 Å². The molecule has 3 atom stereocenters. The van der Waals surface area contributed by atoms with Gasteiger partial charge < -0.3 is 0 Å². The zero-order valence-electron chi connectivity index (χ0n) is 26.2. The van der Waals surface area contributed by atoms with Crippen LogP contribution in [0, 0.1) is 5.92 Å². The van der Waals surface area contributed by atoms with E-state index >= 15 is 0 Å². The molecule has 0 radical (unpaired) electrons. The van der Waals surface area contributed by atoms with E-state index in [1.54, 1.807) is 6.20 Å². The summed E-state index contributed by atoms with van der Waals surface area (Å²) in [6.45, 7) is 5.03. The standard InChI is InChI=1S/C35H45F3N6O/c1-3-27-15-10-18-42(27)21-24-19-29(35(36,37)38)30-23-43(33(45)44(30)22-24)28-14-9-13-26(20-28)31(25-11-8-12-25)32-39-40-34(41(32)2)16-6-4-5-7-17-34/h3,9,13-14,19-20,22-23,25,27,31-32,39-40H,1,4-8,10-12,15-18,21H2,2H3/t27-,31+,32?/m0/s1. The van der Waals surface area contributed by atoms with E-state index < -0.39 is 17.4 Å². The molecule has 7 nitrogen and oxygen atoms in total. The van der Waals surface area contributed by atoms with Gasteiger partial charge in [-0.25, -0.2) is 15.6 Å². The molecule has 3 aromatic rings. The van der Waals surface area contributed by atoms with E-state index in [9.17, 15) is 18.0 Å². The number of likely N-dealkylation sites (N-methyl/N-ethyl adjacent to an activating group) is 1. The number of fused-ring (bicyclic) bond motifs is 1. The van der Waals surface area contributed by atoms with Gasteiger partial charge in [0.2, 0.25) is 0 Å². The number of likely N-dealkylation sites (tertiary alicyclic amines) is 1. The van der Waals surface area contributed by atoms with E-state index in [1.807, 2.05) is 24.3 Å². The molecule has 2 aromatic heterocycles. The van der Waals surface area contributed by atoms with Crippen LogP contribution in [0.5, 0.6) is 0 Å². The first-order valence-electron chi connectivity index (χ1n) is 16.7. The molecule has 0 amide bonds. The quantitative estimate of drug-likeness (QED) is 0.293. The molecule has 4 aliphatic rings. The van der Waals surface area contributed by atoms with Crippen LogP contribution in [0.25, 0.3) is 11.2 Å². The average molecular weight is 623 g/mol. The van der Waals surface area contributed by atoms with Crippen molar-refractivity contribution in [3.63, 3.8) is 0 Å². The molecule has 2 aliphatic heterocycles. The second-order valence-electron chi connectivity index (χ2n) is 13.8. The lowest BCUT2D eigenvalue weighted by atomic mass is 9.71. The highest BCUT2D eigenvalue weighted by atomic mass is 19.4. The minimum atomic E-state index is -4.60. The Labute approximate surface area is 263 Å². The molecular formula is C35H45F3N6O. The SMILES string of the molecule is C=C[C@H]1CCCN1Cc1cc(C(F)(F)F)c2cn(-c3cccc([C@@H](C4CCC4)C4NNC5(CCCCCC5)N4C)c3)c(=O)n2c1. The number of halogens is 3. The van der Waals surface area contributed by atoms with Crippen LogP contribution in [0.3, 0.4) is 0 Å². The van der Waals surface area contributed by atoms with Gasteiger partial charge in [0.1, 0.15) is 0 Å². The molecule has 4 fully saturated rings. The molecule has 10 heteroatoms. The normalized spacial score (nSPS) is 25.5. The second-order valence-corrected chi connectivity index (χ2v) is 13.8. The Bertz CT molecular complexity index is 1600. The van der Waals surface area contributed by atoms with Crippen molar-refractivity contribution in [2.24, 2.45) is 5.92 Å². The van der Waals surface area contributed by atoms with Gasteiger partial charge in [0.15, 0.2) is 0 Å². The first kappa shape index (κ1) is 30.7. The Morgan fingerprint density at radius 2 is 1.82 bits per heavy atom. The van der Waals surface area contributed by atoms with Crippen molar-refractivity contribution >= 4 is 5.52 Å². The molecule has 2 saturated heterocycles. The minimum Gasteiger partial charge on any atom is -0.293 e. The van der Waals surface area contributed by atoms with Crippen molar-refractivity contribution in [1.82, 2.24) is 29.6 Å². The summed E-state index contributed by atoms with van der Waals surface area (Å²) in [5.74, 6) is 0.680. The van der Waals surface area contributed by atoms with Crippen LogP contribution in [-0.4, -0.2) is 50.2 Å². The van der Waals surface area contributed by atoms with E-state index in [1.165, 1.54) is 53.3 Å². The Morgan fingerprint density at radius 1 is 1.04 bits per heavy atom. The van der Waals surface area contributed by atoms with Gasteiger partial charge in [0.05, 0.1) is 28.6 Å². The van der Waals surface area contributed by atoms with Crippen LogP contribution < -0.4 is 16.5 Å². The zero-order chi connectivity index (χ0) is 31.3. The lowest BCUT2D eigenvalue weighted by Crippen LogP contribution is -2.52. The molecule has 2 aliphatic carbocycles. The highest BCUT2D eigenvalue weighted by Gasteiger charge is 2.48. The lowest BCUT2D eigenvalue weighted by Gasteiger charge is -2.43. The van der Waals surface area contributed by atoms with Crippen molar-refractivity contribution in [2.45, 2.75) is 107 Å². The summed E-state index contributed by atoms with van der Waals surface area (Å²) in [5.41, 5.74) is 8.06. The maximum atomic E-state index is 14.4. The molecule has 45 heavy (non-hydrogen) atoms. The number of hydrogen-bond donors (Lipinski definition) is 2. The first-order chi connectivity index (χ1) is 21.7. The minimum absolute atomic E-state index is 0.0653. The van der Waals surface area contributed by atoms with Crippen LogP contribution >= 0.6 is 0 Å². The Morgan fingerprint density at radius 3 is 2.51 bits per heavy atom. The molecule has 0 bridgehead atoms. The summed E-state index contributed by atoms with van der Waals surface area (Å²) in [6, 6.07) is 9.23. The highest BCUT2D eigenvalue weighted by Crippen LogP contribution is 2.45. The predicted molar refractivity (Wildman–Crippen MR) is 170 cm³/mol. The Kier molecular flexibility index (Phi) is 8.21. The first-order valence-corrected chi connectivity index (χ1v) is 16.7. The van der Waals surface area contributed by atoms with Gasteiger partial charge in [0.25, 0.3) is 0 Å². The largest absolute Gasteiger partial charge is 0.418 e. The maximum absolute atomic E-state index is 14.4. The lowest BCUT2D eigenvalue weighted by molar-refractivity contribution is -0.136. The monoisotopic (exact) mass is 622 g/mol. The maximum Gasteiger partial charge on any atom is 0.418 e. The summed E-state index contributed by atoms with van der Waals surface area (Å²) >= 11 is 0. The molecule has 1 aromatic carbocycles. The third-order valence-corrected chi connectivity index (χ3v) is 11.2. The molecule has 242 valence electrons. The van der Waals surface area contributed by atoms with Crippen molar-refractivity contribution in [3.8, 4) is 5.69 Å². The van der Waals surface area contributed by atoms with Gasteiger partial charge in [-0.3, -0.25) is 18.8 Å². The fraction of sp³-hybridized carbons (Fsp3) is 0.571. The number of rotatable bonds is 7. The van der Waals surface area contributed by atoms with Crippen LogP contribution in [-0.2, 0) is 12.7 Å². The van der Waals surface area contributed by atoms with Crippen LogP contribution in [0.4, 0.5) is 13.2 Å². The van der Waals surface area contributed by atoms with Gasteiger partial charge in [0, 0.05) is 30.9 Å². The van der Waals surface area contributed by atoms with E-state index in [4.69, 9.17) is 0 Å². The molecule has 1 spiro atoms. The van der Waals surface area contributed by atoms with Crippen LogP contribution in [0.2, 0.25) is 0 Å². The van der Waals surface area contributed by atoms with Crippen molar-refractivity contribution in [1.29, 1.82) is 0 Å². The van der Waals surface area contributed by atoms with Gasteiger partial charge >= 0.3 is 11.9 Å². The zero-order valence-corrected chi connectivity index (χ0v) is 26.2. The van der Waals surface area contributed by atoms with Gasteiger partial charge in [-0.15, -0.1) is 6.58 Å². The molecule has 4 heterocycles. The number of benzene rings is 1. The smallest absolute Gasteiger partial charge is 0.293 e. The number of imidazole rings is 1. The molecule has 7 rings (SSSR count). The third kappa shape index (κ3) is 5.58. The van der Waals surface area contributed by atoms with Crippen LogP contribution in [0.1, 0.15) is 93.2 Å². The van der Waals surface area contributed by atoms with E-state index in [2.05, 4.69) is 40.3 Å². The van der Waals surface area contributed by atoms with Crippen molar-refractivity contribution in [3.05, 3.63) is 82.6 Å². The number of nitrogens with zero attached hydrogens (tertiary/aromatic N) is 4. The van der Waals surface area contributed by atoms with Crippen molar-refractivity contribution < 1.29 is 13.2 Å². The number of hydrazine groups is 1. The fourth-order valence-electron chi connectivity index (χ4n) is 8.47. The second kappa shape index (κ2) is 12.0. The van der Waals surface area contributed by atoms with Gasteiger partial charge in [-0.1, -0.05) is 50.3 Å². The number of hydrogen-bond acceptors (Lipinski definition) is 5. The number of alkyl halides is 3. The fourth-order valence-corrected chi connectivity index (χ4v) is 8.47. The molecule has 2 N–H and O–H groups in total. The molecule has 2 saturated carbocycles. The Hall–Kier alpha value is -2.92. The Balaban J connectivity index is 1.25. The average Bonchev–Trinajstić information content (AvgIpc) is 3.61. The summed E-state index contributed by atoms with van der Waals surface area (Å²) in [4.78, 5) is 18.5. The highest BCUT2D eigenvalue weighted by molar-refractivity contribution is 5.58. The van der Waals surface area contributed by atoms with E-state index in [-0.39, 0.29) is 29.3 Å². The number of pyridine rings is 1. The van der Waals surface area contributed by atoms with Crippen LogP contribution in [0.15, 0.2) is 60.2 Å². The molecule has 1 unspecified atom stereocenters. The van der Waals surface area contributed by atoms with Gasteiger partial charge in [-0.2, -0.15) is 13.2 Å². The number of nitrogens with one attached hydrogen (secondary N) is 2. The molecular weight excluding hydrogens is 577 g/mol. The van der Waals surface area contributed by atoms with E-state index in [0.717, 1.165) is 50.6 Å². The van der Waals surface area contributed by atoms with E-state index in [0.29, 0.717) is 23.7 Å². The summed E-state index contributed by atoms with van der Waals surface area (Å²) in [5, 5.41) is 0. The number of aromatic nitrogens is 2. The summed E-state index contributed by atoms with van der Waals surface area (Å²) in [7, 11) is 2.22. The summed E-state index contributed by atoms with van der Waals surface area (Å²) in [6.07, 6.45) is 12.8.